The first kappa shape index (κ1) is 16.0. The van der Waals surface area contributed by atoms with Crippen molar-refractivity contribution in [2.24, 2.45) is 5.92 Å². The van der Waals surface area contributed by atoms with Crippen LogP contribution in [0.5, 0.6) is 0 Å². The lowest BCUT2D eigenvalue weighted by molar-refractivity contribution is -0.124. The molecule has 0 bridgehead atoms. The maximum Gasteiger partial charge on any atom is 0.224 e. The molecular weight excluding hydrogens is 262 g/mol. The monoisotopic (exact) mass is 289 g/mol. The Hall–Kier alpha value is -1.39. The fraction of sp³-hybridized carbons (Fsp3) is 0.588. The van der Waals surface area contributed by atoms with Gasteiger partial charge in [-0.05, 0) is 38.9 Å². The van der Waals surface area contributed by atoms with Gasteiger partial charge in [-0.3, -0.25) is 9.69 Å². The molecular formula is C17H27N3O. The summed E-state index contributed by atoms with van der Waals surface area (Å²) in [6.07, 6.45) is 1.95. The normalized spacial score (nSPS) is 19.7. The van der Waals surface area contributed by atoms with Crippen molar-refractivity contribution in [2.45, 2.75) is 32.4 Å². The van der Waals surface area contributed by atoms with Crippen LogP contribution in [0.15, 0.2) is 30.3 Å². The Kier molecular flexibility index (Phi) is 6.21. The quantitative estimate of drug-likeness (QED) is 0.802. The lowest BCUT2D eigenvalue weighted by Gasteiger charge is -2.25. The van der Waals surface area contributed by atoms with Gasteiger partial charge in [-0.25, -0.2) is 0 Å². The summed E-state index contributed by atoms with van der Waals surface area (Å²) in [6, 6.07) is 10.9. The predicted molar refractivity (Wildman–Crippen MR) is 86.0 cm³/mol. The SMILES string of the molecule is CC(CCNC(=O)C1CCNC1)N(C)Cc1ccccc1. The van der Waals surface area contributed by atoms with Crippen molar-refractivity contribution < 1.29 is 4.79 Å². The molecule has 1 amide bonds. The summed E-state index contributed by atoms with van der Waals surface area (Å²) in [7, 11) is 2.14. The minimum Gasteiger partial charge on any atom is -0.356 e. The number of nitrogens with zero attached hydrogens (tertiary/aromatic N) is 1. The molecule has 1 fully saturated rings. The van der Waals surface area contributed by atoms with E-state index in [9.17, 15) is 4.79 Å². The van der Waals surface area contributed by atoms with Crippen molar-refractivity contribution in [1.29, 1.82) is 0 Å². The molecule has 0 radical (unpaired) electrons. The number of rotatable bonds is 7. The largest absolute Gasteiger partial charge is 0.356 e. The van der Waals surface area contributed by atoms with Crippen molar-refractivity contribution >= 4 is 5.91 Å². The van der Waals surface area contributed by atoms with E-state index in [-0.39, 0.29) is 11.8 Å². The average Bonchev–Trinajstić information content (AvgIpc) is 3.02. The van der Waals surface area contributed by atoms with E-state index in [1.54, 1.807) is 0 Å². The van der Waals surface area contributed by atoms with Crippen molar-refractivity contribution in [3.8, 4) is 0 Å². The molecule has 1 saturated heterocycles. The minimum absolute atomic E-state index is 0.169. The van der Waals surface area contributed by atoms with Crippen molar-refractivity contribution in [2.75, 3.05) is 26.7 Å². The maximum atomic E-state index is 11.9. The molecule has 2 unspecified atom stereocenters. The third kappa shape index (κ3) is 5.14. The summed E-state index contributed by atoms with van der Waals surface area (Å²) >= 11 is 0. The zero-order chi connectivity index (χ0) is 15.1. The van der Waals surface area contributed by atoms with Gasteiger partial charge in [0.25, 0.3) is 0 Å². The molecule has 1 aromatic carbocycles. The van der Waals surface area contributed by atoms with Gasteiger partial charge in [-0.15, -0.1) is 0 Å². The molecule has 0 saturated carbocycles. The van der Waals surface area contributed by atoms with E-state index in [1.807, 2.05) is 6.07 Å². The van der Waals surface area contributed by atoms with Crippen LogP contribution >= 0.6 is 0 Å². The molecule has 2 rings (SSSR count). The molecule has 1 aromatic rings. The molecule has 21 heavy (non-hydrogen) atoms. The lowest BCUT2D eigenvalue weighted by Crippen LogP contribution is -2.36. The molecule has 0 aromatic heterocycles. The number of hydrogen-bond donors (Lipinski definition) is 2. The van der Waals surface area contributed by atoms with Crippen LogP contribution in [0, 0.1) is 5.92 Å². The van der Waals surface area contributed by atoms with Gasteiger partial charge in [-0.1, -0.05) is 30.3 Å². The van der Waals surface area contributed by atoms with Crippen LogP contribution in [0.4, 0.5) is 0 Å². The van der Waals surface area contributed by atoms with Crippen molar-refractivity contribution in [3.05, 3.63) is 35.9 Å². The van der Waals surface area contributed by atoms with Gasteiger partial charge < -0.3 is 10.6 Å². The maximum absolute atomic E-state index is 11.9. The van der Waals surface area contributed by atoms with E-state index < -0.39 is 0 Å². The first-order valence-corrected chi connectivity index (χ1v) is 7.89. The highest BCUT2D eigenvalue weighted by molar-refractivity contribution is 5.79. The van der Waals surface area contributed by atoms with E-state index in [1.165, 1.54) is 5.56 Å². The molecule has 1 aliphatic rings. The Bertz CT molecular complexity index is 429. The van der Waals surface area contributed by atoms with E-state index in [0.29, 0.717) is 6.04 Å². The van der Waals surface area contributed by atoms with E-state index in [0.717, 1.165) is 39.0 Å². The van der Waals surface area contributed by atoms with Crippen molar-refractivity contribution in [3.63, 3.8) is 0 Å². The number of amides is 1. The van der Waals surface area contributed by atoms with Crippen LogP contribution in [-0.4, -0.2) is 43.5 Å². The fourth-order valence-corrected chi connectivity index (χ4v) is 2.67. The minimum atomic E-state index is 0.169. The van der Waals surface area contributed by atoms with Crippen LogP contribution in [0.3, 0.4) is 0 Å². The summed E-state index contributed by atoms with van der Waals surface area (Å²) in [4.78, 5) is 14.3. The predicted octanol–water partition coefficient (Wildman–Crippen LogP) is 1.62. The standard InChI is InChI=1S/C17H27N3O/c1-14(20(2)13-15-6-4-3-5-7-15)8-11-19-17(21)16-9-10-18-12-16/h3-7,14,16,18H,8-13H2,1-2H3,(H,19,21). The fourth-order valence-electron chi connectivity index (χ4n) is 2.67. The molecule has 4 nitrogen and oxygen atoms in total. The Morgan fingerprint density at radius 2 is 2.19 bits per heavy atom. The van der Waals surface area contributed by atoms with Gasteiger partial charge in [0.15, 0.2) is 0 Å². The number of nitrogens with one attached hydrogen (secondary N) is 2. The molecule has 0 aliphatic carbocycles. The molecule has 0 spiro atoms. The Morgan fingerprint density at radius 1 is 1.43 bits per heavy atom. The Balaban J connectivity index is 1.66. The number of benzene rings is 1. The summed E-state index contributed by atoms with van der Waals surface area (Å²) in [5.74, 6) is 0.375. The molecule has 2 atom stereocenters. The average molecular weight is 289 g/mol. The van der Waals surface area contributed by atoms with Crippen LogP contribution in [0.2, 0.25) is 0 Å². The molecule has 2 N–H and O–H groups in total. The highest BCUT2D eigenvalue weighted by atomic mass is 16.1. The third-order valence-corrected chi connectivity index (χ3v) is 4.32. The van der Waals surface area contributed by atoms with Gasteiger partial charge in [0.2, 0.25) is 5.91 Å². The second kappa shape index (κ2) is 8.15. The number of carbonyl (C=O) groups excluding carboxylic acids is 1. The summed E-state index contributed by atoms with van der Waals surface area (Å²) in [5.41, 5.74) is 1.33. The van der Waals surface area contributed by atoms with Gasteiger partial charge in [0.1, 0.15) is 0 Å². The zero-order valence-electron chi connectivity index (χ0n) is 13.1. The van der Waals surface area contributed by atoms with Gasteiger partial charge in [0.05, 0.1) is 5.92 Å². The highest BCUT2D eigenvalue weighted by Gasteiger charge is 2.22. The lowest BCUT2D eigenvalue weighted by atomic mass is 10.1. The second-order valence-electron chi connectivity index (χ2n) is 6.02. The molecule has 1 aliphatic heterocycles. The van der Waals surface area contributed by atoms with Crippen LogP contribution in [0.25, 0.3) is 0 Å². The first-order valence-electron chi connectivity index (χ1n) is 7.89. The number of carbonyl (C=O) groups is 1. The summed E-state index contributed by atoms with van der Waals surface area (Å²) < 4.78 is 0. The van der Waals surface area contributed by atoms with Gasteiger partial charge in [0, 0.05) is 25.7 Å². The van der Waals surface area contributed by atoms with Crippen LogP contribution < -0.4 is 10.6 Å². The Morgan fingerprint density at radius 3 is 2.86 bits per heavy atom. The van der Waals surface area contributed by atoms with Crippen molar-refractivity contribution in [1.82, 2.24) is 15.5 Å². The number of hydrogen-bond acceptors (Lipinski definition) is 3. The van der Waals surface area contributed by atoms with E-state index in [2.05, 4.69) is 53.8 Å². The summed E-state index contributed by atoms with van der Waals surface area (Å²) in [5, 5.41) is 6.30. The Labute approximate surface area is 127 Å². The van der Waals surface area contributed by atoms with E-state index >= 15 is 0 Å². The molecule has 116 valence electrons. The van der Waals surface area contributed by atoms with Gasteiger partial charge in [-0.2, -0.15) is 0 Å². The zero-order valence-corrected chi connectivity index (χ0v) is 13.1. The van der Waals surface area contributed by atoms with Crippen LogP contribution in [0.1, 0.15) is 25.3 Å². The topological polar surface area (TPSA) is 44.4 Å². The second-order valence-corrected chi connectivity index (χ2v) is 6.02. The van der Waals surface area contributed by atoms with Crippen LogP contribution in [-0.2, 0) is 11.3 Å². The van der Waals surface area contributed by atoms with Gasteiger partial charge >= 0.3 is 0 Å². The summed E-state index contributed by atoms with van der Waals surface area (Å²) in [6.45, 7) is 5.72. The first-order chi connectivity index (χ1) is 10.2. The third-order valence-electron chi connectivity index (χ3n) is 4.32. The van der Waals surface area contributed by atoms with E-state index in [4.69, 9.17) is 0 Å². The molecule has 4 heteroatoms. The molecule has 1 heterocycles. The highest BCUT2D eigenvalue weighted by Crippen LogP contribution is 2.09. The smallest absolute Gasteiger partial charge is 0.224 e.